The van der Waals surface area contributed by atoms with E-state index in [1.807, 2.05) is 30.3 Å². The first kappa shape index (κ1) is 15.6. The number of fused-ring (bicyclic) bond motifs is 1. The molecule has 0 saturated carbocycles. The average molecular weight is 317 g/mol. The van der Waals surface area contributed by atoms with Gasteiger partial charge >= 0.3 is 5.97 Å². The smallest absolute Gasteiger partial charge is 0.306 e. The third-order valence-electron chi connectivity index (χ3n) is 3.96. The molecule has 6 heteroatoms. The Morgan fingerprint density at radius 2 is 2.13 bits per heavy atom. The minimum absolute atomic E-state index is 0.00384. The van der Waals surface area contributed by atoms with Gasteiger partial charge in [0.25, 0.3) is 0 Å². The zero-order chi connectivity index (χ0) is 16.2. The van der Waals surface area contributed by atoms with Crippen LogP contribution in [0.1, 0.15) is 18.6 Å². The second-order valence-electron chi connectivity index (χ2n) is 5.68. The zero-order valence-electron chi connectivity index (χ0n) is 12.7. The van der Waals surface area contributed by atoms with E-state index in [4.69, 9.17) is 14.3 Å². The van der Waals surface area contributed by atoms with E-state index in [0.717, 1.165) is 16.7 Å². The molecule has 122 valence electrons. The SMILES string of the molecule is O=C(O)CC1CN(C(=O)CCc2cc3ccccc3o2)CCO1. The molecule has 0 radical (unpaired) electrons. The Morgan fingerprint density at radius 3 is 2.91 bits per heavy atom. The number of ether oxygens (including phenoxy) is 1. The van der Waals surface area contributed by atoms with Crippen molar-refractivity contribution in [3.63, 3.8) is 0 Å². The van der Waals surface area contributed by atoms with Gasteiger partial charge in [-0.3, -0.25) is 9.59 Å². The molecule has 23 heavy (non-hydrogen) atoms. The van der Waals surface area contributed by atoms with Crippen molar-refractivity contribution in [2.75, 3.05) is 19.7 Å². The molecule has 2 aromatic rings. The maximum atomic E-state index is 12.3. The summed E-state index contributed by atoms with van der Waals surface area (Å²) in [5, 5.41) is 9.85. The number of aliphatic carboxylic acids is 1. The summed E-state index contributed by atoms with van der Waals surface area (Å²) >= 11 is 0. The first-order chi connectivity index (χ1) is 11.1. The van der Waals surface area contributed by atoms with Crippen LogP contribution in [-0.4, -0.2) is 47.7 Å². The van der Waals surface area contributed by atoms with Crippen molar-refractivity contribution in [3.8, 4) is 0 Å². The van der Waals surface area contributed by atoms with Gasteiger partial charge in [0.1, 0.15) is 11.3 Å². The number of amides is 1. The minimum atomic E-state index is -0.911. The molecule has 1 fully saturated rings. The number of carbonyl (C=O) groups excluding carboxylic acids is 1. The van der Waals surface area contributed by atoms with Gasteiger partial charge in [-0.05, 0) is 12.1 Å². The Labute approximate surface area is 133 Å². The number of furan rings is 1. The molecular formula is C17H19NO5. The quantitative estimate of drug-likeness (QED) is 0.913. The number of carboxylic acids is 1. The summed E-state index contributed by atoms with van der Waals surface area (Å²) < 4.78 is 11.1. The standard InChI is InChI=1S/C17H19NO5/c19-16(18-7-8-22-14(11-18)10-17(20)21)6-5-13-9-12-3-1-2-4-15(12)23-13/h1-4,9,14H,5-8,10-11H2,(H,20,21). The summed E-state index contributed by atoms with van der Waals surface area (Å²) in [6.45, 7) is 1.23. The highest BCUT2D eigenvalue weighted by molar-refractivity contribution is 5.79. The summed E-state index contributed by atoms with van der Waals surface area (Å²) in [5.41, 5.74) is 0.822. The van der Waals surface area contributed by atoms with Crippen molar-refractivity contribution in [1.82, 2.24) is 4.90 Å². The van der Waals surface area contributed by atoms with Crippen LogP contribution in [0.25, 0.3) is 11.0 Å². The number of aryl methyl sites for hydroxylation is 1. The van der Waals surface area contributed by atoms with Gasteiger partial charge in [-0.15, -0.1) is 0 Å². The lowest BCUT2D eigenvalue weighted by atomic mass is 10.1. The molecule has 1 aliphatic heterocycles. The Bertz CT molecular complexity index is 675. The van der Waals surface area contributed by atoms with Crippen molar-refractivity contribution in [1.29, 1.82) is 0 Å². The van der Waals surface area contributed by atoms with Crippen molar-refractivity contribution < 1.29 is 23.8 Å². The molecule has 1 atom stereocenters. The lowest BCUT2D eigenvalue weighted by Gasteiger charge is -2.32. The molecule has 0 aliphatic carbocycles. The number of benzene rings is 1. The summed E-state index contributed by atoms with van der Waals surface area (Å²) in [5.74, 6) is -0.120. The van der Waals surface area contributed by atoms with Crippen LogP contribution in [0.5, 0.6) is 0 Å². The number of morpholine rings is 1. The van der Waals surface area contributed by atoms with Gasteiger partial charge in [0.05, 0.1) is 19.1 Å². The van der Waals surface area contributed by atoms with Crippen LogP contribution in [-0.2, 0) is 20.7 Å². The lowest BCUT2D eigenvalue weighted by Crippen LogP contribution is -2.46. The van der Waals surface area contributed by atoms with Gasteiger partial charge < -0.3 is 19.2 Å². The number of rotatable bonds is 5. The van der Waals surface area contributed by atoms with Gasteiger partial charge in [0, 0.05) is 31.3 Å². The number of hydrogen-bond donors (Lipinski definition) is 1. The van der Waals surface area contributed by atoms with E-state index in [2.05, 4.69) is 0 Å². The zero-order valence-corrected chi connectivity index (χ0v) is 12.7. The summed E-state index contributed by atoms with van der Waals surface area (Å²) in [4.78, 5) is 24.7. The first-order valence-electron chi connectivity index (χ1n) is 7.70. The second kappa shape index (κ2) is 6.83. The van der Waals surface area contributed by atoms with Crippen molar-refractivity contribution in [2.45, 2.75) is 25.4 Å². The number of carbonyl (C=O) groups is 2. The molecule has 1 aliphatic rings. The predicted octanol–water partition coefficient (Wildman–Crippen LogP) is 2.07. The maximum Gasteiger partial charge on any atom is 0.306 e. The molecule has 3 rings (SSSR count). The van der Waals surface area contributed by atoms with Crippen molar-refractivity contribution in [2.24, 2.45) is 0 Å². The molecule has 1 aromatic heterocycles. The van der Waals surface area contributed by atoms with Gasteiger partial charge in [0.2, 0.25) is 5.91 Å². The second-order valence-corrected chi connectivity index (χ2v) is 5.68. The Kier molecular flexibility index (Phi) is 4.62. The molecule has 1 unspecified atom stereocenters. The topological polar surface area (TPSA) is 80.0 Å². The van der Waals surface area contributed by atoms with Crippen LogP contribution < -0.4 is 0 Å². The van der Waals surface area contributed by atoms with E-state index in [1.165, 1.54) is 0 Å². The molecule has 1 aromatic carbocycles. The Balaban J connectivity index is 1.55. The van der Waals surface area contributed by atoms with E-state index < -0.39 is 12.1 Å². The summed E-state index contributed by atoms with van der Waals surface area (Å²) in [7, 11) is 0. The van der Waals surface area contributed by atoms with Crippen molar-refractivity contribution >= 4 is 22.8 Å². The fourth-order valence-corrected chi connectivity index (χ4v) is 2.81. The highest BCUT2D eigenvalue weighted by Crippen LogP contribution is 2.20. The van der Waals surface area contributed by atoms with Crippen LogP contribution in [0.15, 0.2) is 34.7 Å². The van der Waals surface area contributed by atoms with Gasteiger partial charge in [-0.1, -0.05) is 18.2 Å². The van der Waals surface area contributed by atoms with E-state index in [1.54, 1.807) is 4.90 Å². The van der Waals surface area contributed by atoms with E-state index in [-0.39, 0.29) is 12.3 Å². The fraction of sp³-hybridized carbons (Fsp3) is 0.412. The highest BCUT2D eigenvalue weighted by atomic mass is 16.5. The first-order valence-corrected chi connectivity index (χ1v) is 7.70. The molecule has 1 saturated heterocycles. The normalized spacial score (nSPS) is 18.3. The monoisotopic (exact) mass is 317 g/mol. The fourth-order valence-electron chi connectivity index (χ4n) is 2.81. The predicted molar refractivity (Wildman–Crippen MR) is 83.1 cm³/mol. The molecule has 2 heterocycles. The number of carboxylic acid groups (broad SMARTS) is 1. The van der Waals surface area contributed by atoms with Crippen LogP contribution in [0.3, 0.4) is 0 Å². The van der Waals surface area contributed by atoms with Gasteiger partial charge in [-0.25, -0.2) is 0 Å². The highest BCUT2D eigenvalue weighted by Gasteiger charge is 2.25. The molecule has 6 nitrogen and oxygen atoms in total. The maximum absolute atomic E-state index is 12.3. The minimum Gasteiger partial charge on any atom is -0.481 e. The molecule has 0 spiro atoms. The largest absolute Gasteiger partial charge is 0.481 e. The van der Waals surface area contributed by atoms with E-state index in [0.29, 0.717) is 32.5 Å². The molecule has 1 amide bonds. The molecule has 0 bridgehead atoms. The van der Waals surface area contributed by atoms with Gasteiger partial charge in [-0.2, -0.15) is 0 Å². The Hall–Kier alpha value is -2.34. The number of hydrogen-bond acceptors (Lipinski definition) is 4. The van der Waals surface area contributed by atoms with Crippen LogP contribution in [0, 0.1) is 0 Å². The van der Waals surface area contributed by atoms with Crippen LogP contribution in [0.2, 0.25) is 0 Å². The molecule has 1 N–H and O–H groups in total. The third-order valence-corrected chi connectivity index (χ3v) is 3.96. The van der Waals surface area contributed by atoms with E-state index in [9.17, 15) is 9.59 Å². The number of nitrogens with zero attached hydrogens (tertiary/aromatic N) is 1. The number of para-hydroxylation sites is 1. The lowest BCUT2D eigenvalue weighted by molar-refractivity contribution is -0.147. The van der Waals surface area contributed by atoms with E-state index >= 15 is 0 Å². The van der Waals surface area contributed by atoms with Crippen molar-refractivity contribution in [3.05, 3.63) is 36.1 Å². The van der Waals surface area contributed by atoms with Crippen LogP contribution in [0.4, 0.5) is 0 Å². The van der Waals surface area contributed by atoms with Crippen LogP contribution >= 0.6 is 0 Å². The molecular weight excluding hydrogens is 298 g/mol. The third kappa shape index (κ3) is 3.90. The average Bonchev–Trinajstić information content (AvgIpc) is 2.95. The summed E-state index contributed by atoms with van der Waals surface area (Å²) in [6.07, 6.45) is 0.387. The van der Waals surface area contributed by atoms with Gasteiger partial charge in [0.15, 0.2) is 0 Å². The summed E-state index contributed by atoms with van der Waals surface area (Å²) in [6, 6.07) is 9.69. The Morgan fingerprint density at radius 1 is 1.30 bits per heavy atom.